The molecule has 1 aliphatic rings. The summed E-state index contributed by atoms with van der Waals surface area (Å²) < 4.78 is 13.9. The van der Waals surface area contributed by atoms with Gasteiger partial charge in [0.2, 0.25) is 5.89 Å². The van der Waals surface area contributed by atoms with Gasteiger partial charge in [-0.3, -0.25) is 9.36 Å². The molecule has 3 aromatic rings. The van der Waals surface area contributed by atoms with E-state index in [9.17, 15) is 14.4 Å². The van der Waals surface area contributed by atoms with Crippen LogP contribution in [0.25, 0.3) is 21.0 Å². The Balaban J connectivity index is 1.91. The number of carbonyl (C=O) groups excluding carboxylic acids is 1. The molecule has 0 spiro atoms. The number of carbonyl (C=O) groups is 1. The van der Waals surface area contributed by atoms with E-state index in [2.05, 4.69) is 4.98 Å². The minimum absolute atomic E-state index is 0.410. The Hall–Kier alpha value is -2.68. The molecular weight excluding hydrogens is 466 g/mol. The third kappa shape index (κ3) is 4.87. The first kappa shape index (κ1) is 25.4. The number of oxazole rings is 1. The summed E-state index contributed by atoms with van der Waals surface area (Å²) in [6.45, 7) is 10.7. The topological polar surface area (TPSA) is 96.3 Å². The molecule has 0 N–H and O–H groups in total. The van der Waals surface area contributed by atoms with Crippen LogP contribution in [0, 0.1) is 12.8 Å². The van der Waals surface area contributed by atoms with Crippen LogP contribution in [0.5, 0.6) is 0 Å². The van der Waals surface area contributed by atoms with E-state index < -0.39 is 28.4 Å². The van der Waals surface area contributed by atoms with Crippen molar-refractivity contribution in [2.75, 3.05) is 0 Å². The van der Waals surface area contributed by atoms with E-state index in [1.165, 1.54) is 36.9 Å². The van der Waals surface area contributed by atoms with Gasteiger partial charge in [0, 0.05) is 6.54 Å². The molecule has 1 aliphatic carbocycles. The lowest BCUT2D eigenvalue weighted by molar-refractivity contribution is -0.164. The molecule has 35 heavy (non-hydrogen) atoms. The quantitative estimate of drug-likeness (QED) is 0.429. The second kappa shape index (κ2) is 9.41. The number of nitrogens with zero attached hydrogens (tertiary/aromatic N) is 3. The van der Waals surface area contributed by atoms with Crippen molar-refractivity contribution in [3.8, 4) is 10.8 Å². The molecule has 3 aromatic heterocycles. The molecule has 1 fully saturated rings. The standard InChI is InChI=1S/C26H35N3O5S/c1-16-18-21(30)29(26(5,6)23(31)34-25(2,3)4)24(32)28(14-12-17-10-8-7-9-11-17)22(18)35-19(16)20-27-13-15-33-20/h13,15,17H,7-12,14H2,1-6H3. The lowest BCUT2D eigenvalue weighted by Gasteiger charge is -2.30. The molecule has 190 valence electrons. The van der Waals surface area contributed by atoms with Crippen molar-refractivity contribution in [1.29, 1.82) is 0 Å². The van der Waals surface area contributed by atoms with Crippen molar-refractivity contribution < 1.29 is 13.9 Å². The number of rotatable bonds is 6. The molecule has 0 aliphatic heterocycles. The van der Waals surface area contributed by atoms with Gasteiger partial charge in [-0.1, -0.05) is 32.1 Å². The second-order valence-corrected chi connectivity index (χ2v) is 12.0. The molecule has 0 bridgehead atoms. The molecule has 0 amide bonds. The Morgan fingerprint density at radius 1 is 1.17 bits per heavy atom. The molecule has 0 unspecified atom stereocenters. The van der Waals surface area contributed by atoms with Crippen LogP contribution in [-0.4, -0.2) is 25.7 Å². The molecule has 1 saturated carbocycles. The minimum atomic E-state index is -1.49. The predicted molar refractivity (Wildman–Crippen MR) is 137 cm³/mol. The lowest BCUT2D eigenvalue weighted by atomic mass is 9.87. The fraction of sp³-hybridized carbons (Fsp3) is 0.615. The van der Waals surface area contributed by atoms with E-state index in [0.717, 1.165) is 23.8 Å². The number of aromatic nitrogens is 3. The van der Waals surface area contributed by atoms with Crippen molar-refractivity contribution in [3.63, 3.8) is 0 Å². The summed E-state index contributed by atoms with van der Waals surface area (Å²) in [7, 11) is 0. The Morgan fingerprint density at radius 3 is 2.46 bits per heavy atom. The molecule has 0 atom stereocenters. The van der Waals surface area contributed by atoms with E-state index >= 15 is 0 Å². The van der Waals surface area contributed by atoms with Crippen molar-refractivity contribution in [2.45, 2.75) is 97.8 Å². The highest BCUT2D eigenvalue weighted by Crippen LogP contribution is 2.36. The van der Waals surface area contributed by atoms with Crippen LogP contribution in [-0.2, 0) is 21.6 Å². The maximum atomic E-state index is 13.9. The summed E-state index contributed by atoms with van der Waals surface area (Å²) in [4.78, 5) is 46.4. The highest BCUT2D eigenvalue weighted by atomic mass is 32.1. The van der Waals surface area contributed by atoms with Crippen LogP contribution >= 0.6 is 11.3 Å². The van der Waals surface area contributed by atoms with Gasteiger partial charge in [0.15, 0.2) is 0 Å². The number of hydrogen-bond donors (Lipinski definition) is 0. The first-order valence-corrected chi connectivity index (χ1v) is 13.2. The van der Waals surface area contributed by atoms with Gasteiger partial charge >= 0.3 is 11.7 Å². The van der Waals surface area contributed by atoms with Gasteiger partial charge < -0.3 is 9.15 Å². The summed E-state index contributed by atoms with van der Waals surface area (Å²) in [6.07, 6.45) is 9.90. The van der Waals surface area contributed by atoms with Crippen LogP contribution in [0.15, 0.2) is 26.5 Å². The summed E-state index contributed by atoms with van der Waals surface area (Å²) in [6, 6.07) is 0. The summed E-state index contributed by atoms with van der Waals surface area (Å²) in [5.41, 5.74) is -2.54. The third-order valence-corrected chi connectivity index (χ3v) is 8.08. The van der Waals surface area contributed by atoms with Gasteiger partial charge in [-0.2, -0.15) is 0 Å². The highest BCUT2D eigenvalue weighted by molar-refractivity contribution is 7.22. The second-order valence-electron chi connectivity index (χ2n) is 11.0. The molecule has 9 heteroatoms. The number of thiophene rings is 1. The average molecular weight is 502 g/mol. The molecule has 0 radical (unpaired) electrons. The fourth-order valence-corrected chi connectivity index (χ4v) is 6.12. The van der Waals surface area contributed by atoms with Gasteiger partial charge in [-0.15, -0.1) is 11.3 Å². The molecule has 0 aromatic carbocycles. The molecule has 0 saturated heterocycles. The van der Waals surface area contributed by atoms with E-state index in [1.807, 2.05) is 6.92 Å². The number of ether oxygens (including phenoxy) is 1. The van der Waals surface area contributed by atoms with E-state index in [-0.39, 0.29) is 0 Å². The lowest BCUT2D eigenvalue weighted by Crippen LogP contribution is -2.54. The summed E-state index contributed by atoms with van der Waals surface area (Å²) >= 11 is 1.34. The van der Waals surface area contributed by atoms with Gasteiger partial charge in [-0.25, -0.2) is 19.1 Å². The third-order valence-electron chi connectivity index (χ3n) is 6.78. The van der Waals surface area contributed by atoms with Crippen LogP contribution in [0.1, 0.15) is 78.7 Å². The van der Waals surface area contributed by atoms with E-state index in [0.29, 0.717) is 39.0 Å². The Labute approximate surface area is 208 Å². The van der Waals surface area contributed by atoms with Gasteiger partial charge in [-0.05, 0) is 59.4 Å². The van der Waals surface area contributed by atoms with Gasteiger partial charge in [0.05, 0.1) is 16.5 Å². The molecule has 8 nitrogen and oxygen atoms in total. The number of aryl methyl sites for hydroxylation is 2. The number of hydrogen-bond acceptors (Lipinski definition) is 7. The van der Waals surface area contributed by atoms with Crippen LogP contribution in [0.4, 0.5) is 0 Å². The fourth-order valence-electron chi connectivity index (χ4n) is 4.86. The largest absolute Gasteiger partial charge is 0.458 e. The van der Waals surface area contributed by atoms with Crippen LogP contribution in [0.2, 0.25) is 0 Å². The van der Waals surface area contributed by atoms with Crippen molar-refractivity contribution >= 4 is 27.5 Å². The van der Waals surface area contributed by atoms with Crippen molar-refractivity contribution in [2.24, 2.45) is 5.92 Å². The first-order chi connectivity index (χ1) is 16.4. The Kier molecular flexibility index (Phi) is 6.83. The van der Waals surface area contributed by atoms with Crippen molar-refractivity contribution in [3.05, 3.63) is 38.9 Å². The summed E-state index contributed by atoms with van der Waals surface area (Å²) in [5.74, 6) is 0.340. The van der Waals surface area contributed by atoms with E-state index in [4.69, 9.17) is 9.15 Å². The molecular formula is C26H35N3O5S. The van der Waals surface area contributed by atoms with Crippen LogP contribution in [0.3, 0.4) is 0 Å². The minimum Gasteiger partial charge on any atom is -0.458 e. The van der Waals surface area contributed by atoms with E-state index in [1.54, 1.807) is 45.4 Å². The zero-order chi connectivity index (χ0) is 25.5. The van der Waals surface area contributed by atoms with Gasteiger partial charge in [0.1, 0.15) is 22.2 Å². The maximum Gasteiger partial charge on any atom is 0.333 e. The Morgan fingerprint density at radius 2 is 1.86 bits per heavy atom. The average Bonchev–Trinajstić information content (AvgIpc) is 3.41. The first-order valence-electron chi connectivity index (χ1n) is 12.3. The SMILES string of the molecule is Cc1c(-c2ncco2)sc2c1c(=O)n(C(C)(C)C(=O)OC(C)(C)C)c(=O)n2CCC1CCCCC1. The predicted octanol–water partition coefficient (Wildman–Crippen LogP) is 5.24. The Bertz CT molecular complexity index is 1330. The zero-order valence-corrected chi connectivity index (χ0v) is 22.3. The smallest absolute Gasteiger partial charge is 0.333 e. The van der Waals surface area contributed by atoms with Crippen molar-refractivity contribution in [1.82, 2.24) is 14.1 Å². The number of fused-ring (bicyclic) bond motifs is 1. The molecule has 4 rings (SSSR count). The normalized spacial score (nSPS) is 15.6. The maximum absolute atomic E-state index is 13.9. The van der Waals surface area contributed by atoms with Gasteiger partial charge in [0.25, 0.3) is 5.56 Å². The highest BCUT2D eigenvalue weighted by Gasteiger charge is 2.39. The number of esters is 1. The van der Waals surface area contributed by atoms with Crippen LogP contribution < -0.4 is 11.2 Å². The summed E-state index contributed by atoms with van der Waals surface area (Å²) in [5, 5.41) is 0.420. The zero-order valence-electron chi connectivity index (χ0n) is 21.5. The monoisotopic (exact) mass is 501 g/mol. The molecule has 3 heterocycles.